The molecular formula is C18H18O6. The topological polar surface area (TPSA) is 99.4 Å². The van der Waals surface area contributed by atoms with E-state index in [2.05, 4.69) is 0 Å². The van der Waals surface area contributed by atoms with Crippen molar-refractivity contribution in [3.05, 3.63) is 40.5 Å². The van der Waals surface area contributed by atoms with Gasteiger partial charge in [0.2, 0.25) is 5.75 Å². The van der Waals surface area contributed by atoms with Gasteiger partial charge in [-0.1, -0.05) is 6.07 Å². The highest BCUT2D eigenvalue weighted by Gasteiger charge is 2.42. The van der Waals surface area contributed by atoms with Crippen molar-refractivity contribution in [1.82, 2.24) is 0 Å². The number of aliphatic hydroxyl groups excluding tert-OH is 1. The average molecular weight is 330 g/mol. The molecule has 6 nitrogen and oxygen atoms in total. The van der Waals surface area contributed by atoms with Crippen LogP contribution < -0.4 is 9.47 Å². The van der Waals surface area contributed by atoms with Crippen molar-refractivity contribution < 1.29 is 29.9 Å². The SMILES string of the molecule is COc1c(O)c(CO)cc2c1C1Cc3ccc(O)c(O)c3OC1C2. The van der Waals surface area contributed by atoms with Gasteiger partial charge in [-0.25, -0.2) is 0 Å². The number of benzene rings is 2. The van der Waals surface area contributed by atoms with E-state index in [1.165, 1.54) is 13.2 Å². The Kier molecular flexibility index (Phi) is 3.25. The first-order chi connectivity index (χ1) is 11.5. The first-order valence-electron chi connectivity index (χ1n) is 7.78. The summed E-state index contributed by atoms with van der Waals surface area (Å²) in [5, 5.41) is 39.4. The fourth-order valence-corrected chi connectivity index (χ4v) is 3.86. The maximum absolute atomic E-state index is 10.3. The third-order valence-corrected chi connectivity index (χ3v) is 4.97. The molecule has 2 aromatic rings. The zero-order valence-electron chi connectivity index (χ0n) is 13.1. The molecule has 2 unspecified atom stereocenters. The van der Waals surface area contributed by atoms with Crippen LogP contribution in [-0.2, 0) is 19.4 Å². The van der Waals surface area contributed by atoms with Crippen molar-refractivity contribution >= 4 is 0 Å². The highest BCUT2D eigenvalue weighted by molar-refractivity contribution is 5.62. The van der Waals surface area contributed by atoms with Crippen LogP contribution in [0, 0.1) is 0 Å². The van der Waals surface area contributed by atoms with Gasteiger partial charge in [-0.05, 0) is 29.7 Å². The molecule has 0 saturated heterocycles. The van der Waals surface area contributed by atoms with E-state index in [0.717, 1.165) is 16.7 Å². The van der Waals surface area contributed by atoms with Crippen LogP contribution in [0.2, 0.25) is 0 Å². The molecule has 4 rings (SSSR count). The number of aliphatic hydroxyl groups is 1. The van der Waals surface area contributed by atoms with Gasteiger partial charge in [-0.2, -0.15) is 0 Å². The molecule has 0 bridgehead atoms. The molecule has 0 saturated carbocycles. The first-order valence-corrected chi connectivity index (χ1v) is 7.78. The van der Waals surface area contributed by atoms with E-state index < -0.39 is 0 Å². The molecule has 126 valence electrons. The number of hydrogen-bond acceptors (Lipinski definition) is 6. The van der Waals surface area contributed by atoms with Gasteiger partial charge in [0.15, 0.2) is 23.0 Å². The summed E-state index contributed by atoms with van der Waals surface area (Å²) >= 11 is 0. The largest absolute Gasteiger partial charge is 0.504 e. The Balaban J connectivity index is 1.83. The van der Waals surface area contributed by atoms with Gasteiger partial charge in [-0.15, -0.1) is 0 Å². The Morgan fingerprint density at radius 1 is 1.12 bits per heavy atom. The third-order valence-electron chi connectivity index (χ3n) is 4.97. The van der Waals surface area contributed by atoms with Crippen LogP contribution in [0.4, 0.5) is 0 Å². The van der Waals surface area contributed by atoms with E-state index in [1.54, 1.807) is 12.1 Å². The molecule has 0 amide bonds. The van der Waals surface area contributed by atoms with Crippen molar-refractivity contribution in [2.45, 2.75) is 31.5 Å². The fraction of sp³-hybridized carbons (Fsp3) is 0.333. The van der Waals surface area contributed by atoms with Gasteiger partial charge >= 0.3 is 0 Å². The summed E-state index contributed by atoms with van der Waals surface area (Å²) in [6, 6.07) is 4.95. The molecule has 4 N–H and O–H groups in total. The predicted molar refractivity (Wildman–Crippen MR) is 84.9 cm³/mol. The molecule has 1 aliphatic carbocycles. The van der Waals surface area contributed by atoms with Crippen molar-refractivity contribution in [3.63, 3.8) is 0 Å². The molecule has 0 spiro atoms. The standard InChI is InChI=1S/C18H18O6/c1-23-18-14-9(4-10(7-19)15(18)21)6-13-11(14)5-8-2-3-12(20)16(22)17(8)24-13/h2-4,11,13,19-22H,5-7H2,1H3. The number of ether oxygens (including phenoxy) is 2. The summed E-state index contributed by atoms with van der Waals surface area (Å²) in [6.07, 6.45) is 0.968. The monoisotopic (exact) mass is 330 g/mol. The second-order valence-corrected chi connectivity index (χ2v) is 6.24. The number of phenols is 3. The van der Waals surface area contributed by atoms with E-state index >= 15 is 0 Å². The summed E-state index contributed by atoms with van der Waals surface area (Å²) < 4.78 is 11.4. The molecule has 2 aromatic carbocycles. The Bertz CT molecular complexity index is 829. The van der Waals surface area contributed by atoms with Gasteiger partial charge in [0.05, 0.1) is 13.7 Å². The molecule has 1 heterocycles. The minimum Gasteiger partial charge on any atom is -0.504 e. The maximum Gasteiger partial charge on any atom is 0.200 e. The lowest BCUT2D eigenvalue weighted by Crippen LogP contribution is -2.28. The second-order valence-electron chi connectivity index (χ2n) is 6.24. The minimum absolute atomic E-state index is 0.0231. The third kappa shape index (κ3) is 1.93. The molecule has 0 aromatic heterocycles. The summed E-state index contributed by atoms with van der Waals surface area (Å²) in [5.41, 5.74) is 3.06. The van der Waals surface area contributed by atoms with Crippen molar-refractivity contribution in [1.29, 1.82) is 0 Å². The minimum atomic E-state index is -0.277. The number of aromatic hydroxyl groups is 3. The lowest BCUT2D eigenvalue weighted by Gasteiger charge is -2.30. The number of hydrogen-bond donors (Lipinski definition) is 4. The highest BCUT2D eigenvalue weighted by Crippen LogP contribution is 2.53. The highest BCUT2D eigenvalue weighted by atomic mass is 16.5. The first kappa shape index (κ1) is 15.0. The molecule has 6 heteroatoms. The quantitative estimate of drug-likeness (QED) is 0.628. The van der Waals surface area contributed by atoms with Crippen LogP contribution in [0.15, 0.2) is 18.2 Å². The van der Waals surface area contributed by atoms with Crippen LogP contribution in [0.3, 0.4) is 0 Å². The number of fused-ring (bicyclic) bond motifs is 4. The van der Waals surface area contributed by atoms with E-state index in [0.29, 0.717) is 29.9 Å². The van der Waals surface area contributed by atoms with Crippen LogP contribution in [-0.4, -0.2) is 33.6 Å². The smallest absolute Gasteiger partial charge is 0.200 e. The average Bonchev–Trinajstić information content (AvgIpc) is 2.93. The summed E-state index contributed by atoms with van der Waals surface area (Å²) in [4.78, 5) is 0. The van der Waals surface area contributed by atoms with Crippen molar-refractivity contribution in [2.24, 2.45) is 0 Å². The number of phenolic OH excluding ortho intramolecular Hbond substituents is 2. The molecule has 1 aliphatic heterocycles. The van der Waals surface area contributed by atoms with Gasteiger partial charge in [0, 0.05) is 23.5 Å². The molecular weight excluding hydrogens is 312 g/mol. The summed E-state index contributed by atoms with van der Waals surface area (Å²) in [5.74, 6) is 0.172. The maximum atomic E-state index is 10.3. The summed E-state index contributed by atoms with van der Waals surface area (Å²) in [6.45, 7) is -0.277. The fourth-order valence-electron chi connectivity index (χ4n) is 3.86. The zero-order valence-corrected chi connectivity index (χ0v) is 13.1. The van der Waals surface area contributed by atoms with Crippen LogP contribution in [0.1, 0.15) is 28.2 Å². The van der Waals surface area contributed by atoms with Crippen molar-refractivity contribution in [3.8, 4) is 28.7 Å². The Morgan fingerprint density at radius 3 is 2.62 bits per heavy atom. The Hall–Kier alpha value is -2.60. The summed E-state index contributed by atoms with van der Waals surface area (Å²) in [7, 11) is 1.49. The molecule has 24 heavy (non-hydrogen) atoms. The van der Waals surface area contributed by atoms with Crippen LogP contribution in [0.25, 0.3) is 0 Å². The predicted octanol–water partition coefficient (Wildman–Crippen LogP) is 1.95. The van der Waals surface area contributed by atoms with E-state index in [4.69, 9.17) is 9.47 Å². The number of rotatable bonds is 2. The van der Waals surface area contributed by atoms with Crippen LogP contribution >= 0.6 is 0 Å². The van der Waals surface area contributed by atoms with Gasteiger partial charge in [-0.3, -0.25) is 0 Å². The number of methoxy groups -OCH3 is 1. The Labute approximate surface area is 138 Å². The Morgan fingerprint density at radius 2 is 1.92 bits per heavy atom. The molecule has 0 fully saturated rings. The van der Waals surface area contributed by atoms with E-state index in [1.807, 2.05) is 0 Å². The van der Waals surface area contributed by atoms with Gasteiger partial charge in [0.25, 0.3) is 0 Å². The molecule has 2 aliphatic rings. The van der Waals surface area contributed by atoms with Gasteiger partial charge < -0.3 is 29.9 Å². The van der Waals surface area contributed by atoms with Crippen molar-refractivity contribution in [2.75, 3.05) is 7.11 Å². The van der Waals surface area contributed by atoms with Gasteiger partial charge in [0.1, 0.15) is 6.10 Å². The molecule has 2 atom stereocenters. The van der Waals surface area contributed by atoms with E-state index in [9.17, 15) is 20.4 Å². The van der Waals surface area contributed by atoms with Crippen LogP contribution in [0.5, 0.6) is 28.7 Å². The van der Waals surface area contributed by atoms with E-state index in [-0.39, 0.29) is 35.9 Å². The normalized spacial score (nSPS) is 20.8. The lowest BCUT2D eigenvalue weighted by atomic mass is 9.88. The lowest BCUT2D eigenvalue weighted by molar-refractivity contribution is 0.154. The molecule has 0 radical (unpaired) electrons. The zero-order chi connectivity index (χ0) is 17.0. The second kappa shape index (κ2) is 5.21.